The zero-order valence-corrected chi connectivity index (χ0v) is 20.7. The standard InChI is InChI=1S/C26H33FN6O3/c1-34-11-8-30-26-24(27)21(31-17-32-26)14-18-2-4-20(5-3-18)36-23-16-19(33-9-12-35-13-10-33)15-22-25(23)29-7-6-28-22/h6-7,15-18,20H,2-5,8-14H2,1H3,(H,30,31,32). The minimum Gasteiger partial charge on any atom is -0.488 e. The van der Waals surface area contributed by atoms with Gasteiger partial charge in [0.15, 0.2) is 11.6 Å². The predicted molar refractivity (Wildman–Crippen MR) is 135 cm³/mol. The molecular formula is C26H33FN6O3. The van der Waals surface area contributed by atoms with Gasteiger partial charge in [-0.1, -0.05) is 0 Å². The Bertz CT molecular complexity index is 1150. The quantitative estimate of drug-likeness (QED) is 0.446. The number of nitrogens with one attached hydrogen (secondary N) is 1. The number of morpholine rings is 1. The largest absolute Gasteiger partial charge is 0.488 e. The fourth-order valence-corrected chi connectivity index (χ4v) is 4.97. The molecule has 36 heavy (non-hydrogen) atoms. The van der Waals surface area contributed by atoms with E-state index in [1.54, 1.807) is 19.5 Å². The lowest BCUT2D eigenvalue weighted by molar-refractivity contribution is 0.122. The highest BCUT2D eigenvalue weighted by molar-refractivity contribution is 5.85. The van der Waals surface area contributed by atoms with Gasteiger partial charge in [-0.25, -0.2) is 19.3 Å². The molecule has 5 rings (SSSR count). The number of hydrogen-bond acceptors (Lipinski definition) is 9. The summed E-state index contributed by atoms with van der Waals surface area (Å²) in [7, 11) is 1.61. The van der Waals surface area contributed by atoms with E-state index < -0.39 is 0 Å². The van der Waals surface area contributed by atoms with Gasteiger partial charge >= 0.3 is 0 Å². The van der Waals surface area contributed by atoms with E-state index in [0.29, 0.717) is 31.2 Å². The second-order valence-electron chi connectivity index (χ2n) is 9.33. The summed E-state index contributed by atoms with van der Waals surface area (Å²) in [6.45, 7) is 4.11. The third-order valence-corrected chi connectivity index (χ3v) is 6.93. The van der Waals surface area contributed by atoms with Gasteiger partial charge in [0.2, 0.25) is 0 Å². The summed E-state index contributed by atoms with van der Waals surface area (Å²) >= 11 is 0. The van der Waals surface area contributed by atoms with E-state index in [1.807, 2.05) is 0 Å². The maximum absolute atomic E-state index is 14.9. The zero-order valence-electron chi connectivity index (χ0n) is 20.7. The summed E-state index contributed by atoms with van der Waals surface area (Å²) in [6.07, 6.45) is 9.24. The molecule has 3 heterocycles. The average molecular weight is 497 g/mol. The number of nitrogens with zero attached hydrogens (tertiary/aromatic N) is 5. The van der Waals surface area contributed by atoms with E-state index in [1.165, 1.54) is 6.33 Å². The molecule has 1 saturated heterocycles. The topological polar surface area (TPSA) is 94.5 Å². The molecule has 0 bridgehead atoms. The van der Waals surface area contributed by atoms with Crippen LogP contribution in [-0.4, -0.2) is 72.6 Å². The van der Waals surface area contributed by atoms with Crippen LogP contribution >= 0.6 is 0 Å². The summed E-state index contributed by atoms with van der Waals surface area (Å²) in [4.78, 5) is 19.6. The van der Waals surface area contributed by atoms with Crippen molar-refractivity contribution >= 4 is 22.5 Å². The number of fused-ring (bicyclic) bond motifs is 1. The molecule has 2 aliphatic rings. The lowest BCUT2D eigenvalue weighted by Crippen LogP contribution is -2.36. The van der Waals surface area contributed by atoms with Crippen molar-refractivity contribution in [3.05, 3.63) is 42.4 Å². The molecule has 0 radical (unpaired) electrons. The molecule has 0 spiro atoms. The molecule has 0 amide bonds. The van der Waals surface area contributed by atoms with Crippen molar-refractivity contribution in [3.8, 4) is 5.75 Å². The minimum atomic E-state index is -0.364. The van der Waals surface area contributed by atoms with Gasteiger partial charge in [-0.3, -0.25) is 4.98 Å². The van der Waals surface area contributed by atoms with Crippen molar-refractivity contribution in [2.24, 2.45) is 5.92 Å². The molecule has 192 valence electrons. The highest BCUT2D eigenvalue weighted by atomic mass is 19.1. The Morgan fingerprint density at radius 3 is 2.67 bits per heavy atom. The molecule has 1 aliphatic heterocycles. The molecule has 9 nitrogen and oxygen atoms in total. The Hall–Kier alpha value is -3.11. The number of aromatic nitrogens is 4. The molecule has 0 unspecified atom stereocenters. The van der Waals surface area contributed by atoms with Crippen molar-refractivity contribution < 1.29 is 18.6 Å². The molecular weight excluding hydrogens is 463 g/mol. The van der Waals surface area contributed by atoms with E-state index in [-0.39, 0.29) is 17.7 Å². The molecule has 1 aliphatic carbocycles. The molecule has 2 aromatic heterocycles. The summed E-state index contributed by atoms with van der Waals surface area (Å²) in [5, 5.41) is 2.98. The smallest absolute Gasteiger partial charge is 0.186 e. The maximum atomic E-state index is 14.9. The van der Waals surface area contributed by atoms with Crippen LogP contribution in [0.5, 0.6) is 5.75 Å². The number of rotatable bonds is 9. The van der Waals surface area contributed by atoms with Crippen LogP contribution in [0.2, 0.25) is 0 Å². The third-order valence-electron chi connectivity index (χ3n) is 6.93. The van der Waals surface area contributed by atoms with Gasteiger partial charge in [0.25, 0.3) is 0 Å². The van der Waals surface area contributed by atoms with Gasteiger partial charge in [-0.05, 0) is 44.1 Å². The van der Waals surface area contributed by atoms with Gasteiger partial charge in [0.1, 0.15) is 17.6 Å². The van der Waals surface area contributed by atoms with Gasteiger partial charge < -0.3 is 24.4 Å². The average Bonchev–Trinajstić information content (AvgIpc) is 2.92. The van der Waals surface area contributed by atoms with Crippen molar-refractivity contribution in [2.75, 3.05) is 56.8 Å². The second-order valence-corrected chi connectivity index (χ2v) is 9.33. The Morgan fingerprint density at radius 1 is 1.06 bits per heavy atom. The molecule has 1 aromatic carbocycles. The van der Waals surface area contributed by atoms with Crippen molar-refractivity contribution in [3.63, 3.8) is 0 Å². The third kappa shape index (κ3) is 5.82. The van der Waals surface area contributed by atoms with Crippen LogP contribution in [0.15, 0.2) is 30.9 Å². The van der Waals surface area contributed by atoms with Crippen LogP contribution < -0.4 is 15.0 Å². The Balaban J connectivity index is 1.22. The van der Waals surface area contributed by atoms with E-state index in [2.05, 4.69) is 42.3 Å². The monoisotopic (exact) mass is 496 g/mol. The number of halogens is 1. The lowest BCUT2D eigenvalue weighted by Gasteiger charge is -2.31. The highest BCUT2D eigenvalue weighted by Crippen LogP contribution is 2.35. The number of anilines is 2. The van der Waals surface area contributed by atoms with Gasteiger partial charge in [0, 0.05) is 50.9 Å². The highest BCUT2D eigenvalue weighted by Gasteiger charge is 2.26. The summed E-state index contributed by atoms with van der Waals surface area (Å²) < 4.78 is 31.9. The molecule has 1 N–H and O–H groups in total. The normalized spacial score (nSPS) is 20.4. The van der Waals surface area contributed by atoms with Gasteiger partial charge in [-0.2, -0.15) is 0 Å². The van der Waals surface area contributed by atoms with Gasteiger partial charge in [-0.15, -0.1) is 0 Å². The Kier molecular flexibility index (Phi) is 8.02. The van der Waals surface area contributed by atoms with E-state index in [4.69, 9.17) is 14.2 Å². The van der Waals surface area contributed by atoms with Crippen molar-refractivity contribution in [1.82, 2.24) is 19.9 Å². The Morgan fingerprint density at radius 2 is 1.86 bits per heavy atom. The minimum absolute atomic E-state index is 0.0907. The first-order valence-corrected chi connectivity index (χ1v) is 12.7. The lowest BCUT2D eigenvalue weighted by atomic mass is 9.84. The molecule has 0 atom stereocenters. The van der Waals surface area contributed by atoms with Crippen LogP contribution in [0.1, 0.15) is 31.4 Å². The first-order valence-electron chi connectivity index (χ1n) is 12.7. The number of ether oxygens (including phenoxy) is 3. The summed E-state index contributed by atoms with van der Waals surface area (Å²) in [5.74, 6) is 1.01. The SMILES string of the molecule is COCCNc1ncnc(CC2CCC(Oc3cc(N4CCOCC4)cc4nccnc34)CC2)c1F. The van der Waals surface area contributed by atoms with E-state index in [9.17, 15) is 4.39 Å². The summed E-state index contributed by atoms with van der Waals surface area (Å²) in [5.41, 5.74) is 3.17. The van der Waals surface area contributed by atoms with Crippen LogP contribution in [0.3, 0.4) is 0 Å². The summed E-state index contributed by atoms with van der Waals surface area (Å²) in [6, 6.07) is 4.16. The first kappa shape index (κ1) is 24.6. The number of hydrogen-bond donors (Lipinski definition) is 1. The van der Waals surface area contributed by atoms with Gasteiger partial charge in [0.05, 0.1) is 37.1 Å². The van der Waals surface area contributed by atoms with E-state index in [0.717, 1.165) is 74.5 Å². The second kappa shape index (κ2) is 11.7. The maximum Gasteiger partial charge on any atom is 0.186 e. The number of methoxy groups -OCH3 is 1. The van der Waals surface area contributed by atoms with Crippen molar-refractivity contribution in [2.45, 2.75) is 38.2 Å². The van der Waals surface area contributed by atoms with Crippen molar-refractivity contribution in [1.29, 1.82) is 0 Å². The zero-order chi connectivity index (χ0) is 24.7. The van der Waals surface area contributed by atoms with Crippen LogP contribution in [0.25, 0.3) is 11.0 Å². The predicted octanol–water partition coefficient (Wildman–Crippen LogP) is 3.63. The fourth-order valence-electron chi connectivity index (χ4n) is 4.97. The fraction of sp³-hybridized carbons (Fsp3) is 0.538. The number of benzene rings is 1. The first-order chi connectivity index (χ1) is 17.7. The van der Waals surface area contributed by atoms with Crippen LogP contribution in [0, 0.1) is 11.7 Å². The molecule has 2 fully saturated rings. The molecule has 10 heteroatoms. The van der Waals surface area contributed by atoms with E-state index >= 15 is 0 Å². The van der Waals surface area contributed by atoms with Crippen LogP contribution in [-0.2, 0) is 15.9 Å². The van der Waals surface area contributed by atoms with Crippen LogP contribution in [0.4, 0.5) is 15.9 Å². The molecule has 1 saturated carbocycles. The Labute approximate surface area is 210 Å². The molecule has 3 aromatic rings.